The first kappa shape index (κ1) is 17.3. The molecule has 7 nitrogen and oxygen atoms in total. The Kier molecular flexibility index (Phi) is 5.55. The molecule has 2 N–H and O–H groups in total. The molecular formula is C18H24N4O3. The van der Waals surface area contributed by atoms with E-state index in [1.165, 1.54) is 0 Å². The second-order valence-electron chi connectivity index (χ2n) is 5.84. The number of hydrogen-bond donors (Lipinski definition) is 2. The van der Waals surface area contributed by atoms with Crippen LogP contribution in [-0.4, -0.2) is 54.4 Å². The van der Waals surface area contributed by atoms with Crippen LogP contribution in [0.3, 0.4) is 0 Å². The highest BCUT2D eigenvalue weighted by molar-refractivity contribution is 5.94. The Labute approximate surface area is 147 Å². The average Bonchev–Trinajstić information content (AvgIpc) is 3.09. The molecule has 1 aliphatic heterocycles. The number of ether oxygens (including phenoxy) is 2. The molecule has 7 heteroatoms. The summed E-state index contributed by atoms with van der Waals surface area (Å²) < 4.78 is 11.1. The summed E-state index contributed by atoms with van der Waals surface area (Å²) in [5.74, 6) is 1.30. The Morgan fingerprint density at radius 2 is 2.12 bits per heavy atom. The molecule has 0 fully saturated rings. The summed E-state index contributed by atoms with van der Waals surface area (Å²) in [6, 6.07) is 7.49. The van der Waals surface area contributed by atoms with E-state index in [9.17, 15) is 4.79 Å². The standard InChI is InChI=1S/C18H24N4O3/c1-3-22(10-11-25-16-7-5-4-6-15(16)24-2)18(23)17-13-12-19-9-8-14(13)20-21-17/h4-7,19H,3,8-12H2,1-2H3,(H,20,21). The lowest BCUT2D eigenvalue weighted by Gasteiger charge is -2.21. The van der Waals surface area contributed by atoms with Gasteiger partial charge in [-0.3, -0.25) is 9.89 Å². The van der Waals surface area contributed by atoms with E-state index >= 15 is 0 Å². The molecule has 0 radical (unpaired) electrons. The highest BCUT2D eigenvalue weighted by Crippen LogP contribution is 2.25. The number of hydrogen-bond acceptors (Lipinski definition) is 5. The van der Waals surface area contributed by atoms with Crippen LogP contribution in [0.1, 0.15) is 28.7 Å². The monoisotopic (exact) mass is 344 g/mol. The Morgan fingerprint density at radius 3 is 2.88 bits per heavy atom. The zero-order valence-electron chi connectivity index (χ0n) is 14.7. The average molecular weight is 344 g/mol. The van der Waals surface area contributed by atoms with Crippen LogP contribution in [0.25, 0.3) is 0 Å². The number of nitrogens with zero attached hydrogens (tertiary/aromatic N) is 2. The molecule has 2 aromatic rings. The maximum atomic E-state index is 12.8. The van der Waals surface area contributed by atoms with Gasteiger partial charge in [-0.1, -0.05) is 12.1 Å². The van der Waals surface area contributed by atoms with Gasteiger partial charge in [0.05, 0.1) is 13.7 Å². The second kappa shape index (κ2) is 8.02. The van der Waals surface area contributed by atoms with Crippen LogP contribution < -0.4 is 14.8 Å². The minimum absolute atomic E-state index is 0.0627. The number of rotatable bonds is 7. The molecule has 1 aliphatic rings. The number of benzene rings is 1. The van der Waals surface area contributed by atoms with E-state index in [-0.39, 0.29) is 5.91 Å². The molecule has 0 spiro atoms. The van der Waals surface area contributed by atoms with E-state index in [0.29, 0.717) is 43.4 Å². The molecule has 3 rings (SSSR count). The first-order chi connectivity index (χ1) is 12.2. The van der Waals surface area contributed by atoms with Gasteiger partial charge in [-0.2, -0.15) is 5.10 Å². The van der Waals surface area contributed by atoms with Gasteiger partial charge in [0.2, 0.25) is 0 Å². The van der Waals surface area contributed by atoms with Crippen molar-refractivity contribution >= 4 is 5.91 Å². The molecule has 134 valence electrons. The summed E-state index contributed by atoms with van der Waals surface area (Å²) >= 11 is 0. The highest BCUT2D eigenvalue weighted by atomic mass is 16.5. The summed E-state index contributed by atoms with van der Waals surface area (Å²) in [5.41, 5.74) is 2.56. The third kappa shape index (κ3) is 3.76. The van der Waals surface area contributed by atoms with Gasteiger partial charge < -0.3 is 19.7 Å². The summed E-state index contributed by atoms with van der Waals surface area (Å²) in [6.45, 7) is 5.03. The highest BCUT2D eigenvalue weighted by Gasteiger charge is 2.24. The second-order valence-corrected chi connectivity index (χ2v) is 5.84. The van der Waals surface area contributed by atoms with Gasteiger partial charge in [0.25, 0.3) is 5.91 Å². The number of fused-ring (bicyclic) bond motifs is 1. The van der Waals surface area contributed by atoms with Crippen molar-refractivity contribution in [3.63, 3.8) is 0 Å². The molecule has 2 heterocycles. The number of nitrogens with one attached hydrogen (secondary N) is 2. The lowest BCUT2D eigenvalue weighted by atomic mass is 10.1. The minimum Gasteiger partial charge on any atom is -0.493 e. The molecule has 0 atom stereocenters. The molecular weight excluding hydrogens is 320 g/mol. The van der Waals surface area contributed by atoms with Crippen molar-refractivity contribution in [1.29, 1.82) is 0 Å². The van der Waals surface area contributed by atoms with Crippen LogP contribution in [0.2, 0.25) is 0 Å². The SMILES string of the molecule is CCN(CCOc1ccccc1OC)C(=O)c1n[nH]c2c1CNCC2. The third-order valence-electron chi connectivity index (χ3n) is 4.37. The van der Waals surface area contributed by atoms with Crippen molar-refractivity contribution < 1.29 is 14.3 Å². The minimum atomic E-state index is -0.0627. The quantitative estimate of drug-likeness (QED) is 0.798. The largest absolute Gasteiger partial charge is 0.493 e. The smallest absolute Gasteiger partial charge is 0.274 e. The number of methoxy groups -OCH3 is 1. The van der Waals surface area contributed by atoms with E-state index in [0.717, 1.165) is 24.2 Å². The molecule has 0 bridgehead atoms. The molecule has 0 saturated carbocycles. The summed E-state index contributed by atoms with van der Waals surface area (Å²) in [5, 5.41) is 10.5. The lowest BCUT2D eigenvalue weighted by molar-refractivity contribution is 0.0732. The van der Waals surface area contributed by atoms with Gasteiger partial charge in [0, 0.05) is 37.3 Å². The van der Waals surface area contributed by atoms with Gasteiger partial charge in [-0.05, 0) is 19.1 Å². The van der Waals surface area contributed by atoms with Crippen LogP contribution in [0.15, 0.2) is 24.3 Å². The van der Waals surface area contributed by atoms with Crippen LogP contribution in [-0.2, 0) is 13.0 Å². The van der Waals surface area contributed by atoms with Crippen LogP contribution in [0.5, 0.6) is 11.5 Å². The molecule has 25 heavy (non-hydrogen) atoms. The Bertz CT molecular complexity index is 729. The fraction of sp³-hybridized carbons (Fsp3) is 0.444. The van der Waals surface area contributed by atoms with Crippen molar-refractivity contribution in [2.45, 2.75) is 19.9 Å². The number of aromatic amines is 1. The van der Waals surface area contributed by atoms with Crippen LogP contribution in [0, 0.1) is 0 Å². The fourth-order valence-electron chi connectivity index (χ4n) is 2.96. The number of H-pyrrole nitrogens is 1. The molecule has 0 saturated heterocycles. The number of carbonyl (C=O) groups excluding carboxylic acids is 1. The number of carbonyl (C=O) groups is 1. The molecule has 1 aromatic carbocycles. The van der Waals surface area contributed by atoms with E-state index in [1.54, 1.807) is 12.0 Å². The molecule has 1 aromatic heterocycles. The van der Waals surface area contributed by atoms with Crippen molar-refractivity contribution in [2.24, 2.45) is 0 Å². The van der Waals surface area contributed by atoms with E-state index < -0.39 is 0 Å². The van der Waals surface area contributed by atoms with Gasteiger partial charge >= 0.3 is 0 Å². The van der Waals surface area contributed by atoms with Crippen LogP contribution in [0.4, 0.5) is 0 Å². The molecule has 0 aliphatic carbocycles. The zero-order chi connectivity index (χ0) is 17.6. The van der Waals surface area contributed by atoms with Gasteiger partial charge in [-0.15, -0.1) is 0 Å². The fourth-order valence-corrected chi connectivity index (χ4v) is 2.96. The predicted octanol–water partition coefficient (Wildman–Crippen LogP) is 1.61. The van der Waals surface area contributed by atoms with E-state index in [4.69, 9.17) is 9.47 Å². The third-order valence-corrected chi connectivity index (χ3v) is 4.37. The number of amides is 1. The van der Waals surface area contributed by atoms with E-state index in [2.05, 4.69) is 15.5 Å². The van der Waals surface area contributed by atoms with Gasteiger partial charge in [0.1, 0.15) is 6.61 Å². The number of aromatic nitrogens is 2. The Hall–Kier alpha value is -2.54. The maximum Gasteiger partial charge on any atom is 0.274 e. The number of likely N-dealkylation sites (N-methyl/N-ethyl adjacent to an activating group) is 1. The predicted molar refractivity (Wildman–Crippen MR) is 94.1 cm³/mol. The van der Waals surface area contributed by atoms with Crippen molar-refractivity contribution in [3.8, 4) is 11.5 Å². The van der Waals surface area contributed by atoms with Crippen molar-refractivity contribution in [1.82, 2.24) is 20.4 Å². The molecule has 0 unspecified atom stereocenters. The van der Waals surface area contributed by atoms with Crippen LogP contribution >= 0.6 is 0 Å². The first-order valence-electron chi connectivity index (χ1n) is 8.56. The van der Waals surface area contributed by atoms with Gasteiger partial charge in [0.15, 0.2) is 17.2 Å². The topological polar surface area (TPSA) is 79.5 Å². The van der Waals surface area contributed by atoms with Crippen molar-refractivity contribution in [3.05, 3.63) is 41.2 Å². The summed E-state index contributed by atoms with van der Waals surface area (Å²) in [7, 11) is 1.61. The Balaban J connectivity index is 1.62. The van der Waals surface area contributed by atoms with E-state index in [1.807, 2.05) is 31.2 Å². The maximum absolute atomic E-state index is 12.8. The lowest BCUT2D eigenvalue weighted by Crippen LogP contribution is -2.36. The number of para-hydroxylation sites is 2. The normalized spacial score (nSPS) is 13.2. The zero-order valence-corrected chi connectivity index (χ0v) is 14.7. The first-order valence-corrected chi connectivity index (χ1v) is 8.56. The molecule has 1 amide bonds. The summed E-state index contributed by atoms with van der Waals surface area (Å²) in [6.07, 6.45) is 0.874. The summed E-state index contributed by atoms with van der Waals surface area (Å²) in [4.78, 5) is 14.6. The Morgan fingerprint density at radius 1 is 1.32 bits per heavy atom. The van der Waals surface area contributed by atoms with Gasteiger partial charge in [-0.25, -0.2) is 0 Å². The van der Waals surface area contributed by atoms with Crippen molar-refractivity contribution in [2.75, 3.05) is 33.4 Å².